The summed E-state index contributed by atoms with van der Waals surface area (Å²) in [5.41, 5.74) is 0.529. The first-order chi connectivity index (χ1) is 11.2. The zero-order valence-corrected chi connectivity index (χ0v) is 14.9. The fourth-order valence-electron chi connectivity index (χ4n) is 3.08. The van der Waals surface area contributed by atoms with E-state index in [1.54, 1.807) is 12.1 Å². The van der Waals surface area contributed by atoms with E-state index in [4.69, 9.17) is 4.74 Å². The van der Waals surface area contributed by atoms with Crippen molar-refractivity contribution in [1.82, 2.24) is 4.90 Å². The van der Waals surface area contributed by atoms with Gasteiger partial charge in [-0.1, -0.05) is 12.1 Å². The fraction of sp³-hybridized carbons (Fsp3) is 0.684. The highest BCUT2D eigenvalue weighted by Gasteiger charge is 2.27. The molecule has 24 heavy (non-hydrogen) atoms. The summed E-state index contributed by atoms with van der Waals surface area (Å²) >= 11 is 0. The minimum Gasteiger partial charge on any atom is -0.389 e. The highest BCUT2D eigenvalue weighted by molar-refractivity contribution is 5.19. The van der Waals surface area contributed by atoms with Crippen LogP contribution in [0.5, 0.6) is 0 Å². The van der Waals surface area contributed by atoms with Crippen molar-refractivity contribution >= 4 is 0 Å². The SMILES string of the molecule is CC(C)(C)OCC(O)CN1CCC(C(O)c2ccc(F)cc2)CC1. The number of β-amino-alcohol motifs (C(OH)–C–C–N with tert-alkyl or cyclic N) is 1. The van der Waals surface area contributed by atoms with Crippen LogP contribution in [0.4, 0.5) is 4.39 Å². The molecule has 1 aliphatic heterocycles. The number of ether oxygens (including phenoxy) is 1. The molecular formula is C19H30FNO3. The Hall–Kier alpha value is -1.01. The van der Waals surface area contributed by atoms with Crippen LogP contribution in [0.25, 0.3) is 0 Å². The number of benzene rings is 1. The van der Waals surface area contributed by atoms with Crippen molar-refractivity contribution in [2.75, 3.05) is 26.2 Å². The number of aliphatic hydroxyl groups excluding tert-OH is 2. The lowest BCUT2D eigenvalue weighted by Crippen LogP contribution is -2.42. The summed E-state index contributed by atoms with van der Waals surface area (Å²) in [7, 11) is 0. The van der Waals surface area contributed by atoms with Gasteiger partial charge in [0.05, 0.1) is 24.4 Å². The summed E-state index contributed by atoms with van der Waals surface area (Å²) in [5, 5.41) is 20.6. The van der Waals surface area contributed by atoms with Gasteiger partial charge in [0.15, 0.2) is 0 Å². The normalized spacial score (nSPS) is 20.1. The lowest BCUT2D eigenvalue weighted by Gasteiger charge is -2.35. The average Bonchev–Trinajstić information content (AvgIpc) is 2.53. The van der Waals surface area contributed by atoms with Crippen LogP contribution in [0.1, 0.15) is 45.3 Å². The summed E-state index contributed by atoms with van der Waals surface area (Å²) < 4.78 is 18.6. The van der Waals surface area contributed by atoms with Crippen molar-refractivity contribution in [2.45, 2.75) is 51.4 Å². The first-order valence-electron chi connectivity index (χ1n) is 8.72. The second-order valence-corrected chi connectivity index (χ2v) is 7.71. The van der Waals surface area contributed by atoms with Crippen molar-refractivity contribution in [3.05, 3.63) is 35.6 Å². The number of hydrogen-bond acceptors (Lipinski definition) is 4. The van der Waals surface area contributed by atoms with E-state index in [1.807, 2.05) is 20.8 Å². The van der Waals surface area contributed by atoms with Gasteiger partial charge in [0.1, 0.15) is 5.82 Å². The van der Waals surface area contributed by atoms with Crippen molar-refractivity contribution in [1.29, 1.82) is 0 Å². The van der Waals surface area contributed by atoms with E-state index in [0.29, 0.717) is 13.2 Å². The number of rotatable bonds is 6. The zero-order valence-electron chi connectivity index (χ0n) is 14.9. The Balaban J connectivity index is 1.75. The zero-order chi connectivity index (χ0) is 17.7. The van der Waals surface area contributed by atoms with E-state index in [0.717, 1.165) is 31.5 Å². The van der Waals surface area contributed by atoms with Crippen molar-refractivity contribution in [3.63, 3.8) is 0 Å². The predicted molar refractivity (Wildman–Crippen MR) is 92.2 cm³/mol. The summed E-state index contributed by atoms with van der Waals surface area (Å²) in [5.74, 6) is -0.109. The van der Waals surface area contributed by atoms with E-state index >= 15 is 0 Å². The molecule has 1 heterocycles. The smallest absolute Gasteiger partial charge is 0.123 e. The first kappa shape index (κ1) is 19.3. The quantitative estimate of drug-likeness (QED) is 0.837. The Morgan fingerprint density at radius 2 is 1.75 bits per heavy atom. The molecule has 0 amide bonds. The average molecular weight is 339 g/mol. The van der Waals surface area contributed by atoms with Crippen LogP contribution < -0.4 is 0 Å². The monoisotopic (exact) mass is 339 g/mol. The number of aliphatic hydroxyl groups is 2. The lowest BCUT2D eigenvalue weighted by molar-refractivity contribution is -0.0593. The first-order valence-corrected chi connectivity index (χ1v) is 8.72. The summed E-state index contributed by atoms with van der Waals surface area (Å²) in [4.78, 5) is 2.21. The van der Waals surface area contributed by atoms with Gasteiger partial charge in [0.2, 0.25) is 0 Å². The third kappa shape index (κ3) is 6.13. The fourth-order valence-corrected chi connectivity index (χ4v) is 3.08. The minimum atomic E-state index is -0.554. The van der Waals surface area contributed by atoms with Gasteiger partial charge in [-0.05, 0) is 70.3 Å². The topological polar surface area (TPSA) is 52.9 Å². The van der Waals surface area contributed by atoms with Gasteiger partial charge in [0, 0.05) is 6.54 Å². The third-order valence-corrected chi connectivity index (χ3v) is 4.47. The molecule has 0 aliphatic carbocycles. The Bertz CT molecular complexity index is 492. The Labute approximate surface area is 144 Å². The van der Waals surface area contributed by atoms with Crippen LogP contribution in [-0.2, 0) is 4.74 Å². The van der Waals surface area contributed by atoms with Crippen LogP contribution in [0.2, 0.25) is 0 Å². The summed E-state index contributed by atoms with van der Waals surface area (Å²) in [6.07, 6.45) is 0.682. The lowest BCUT2D eigenvalue weighted by atomic mass is 9.87. The van der Waals surface area contributed by atoms with Crippen LogP contribution in [0, 0.1) is 11.7 Å². The largest absolute Gasteiger partial charge is 0.389 e. The Kier molecular flexibility index (Phi) is 6.75. The Morgan fingerprint density at radius 1 is 1.17 bits per heavy atom. The molecule has 1 aromatic carbocycles. The van der Waals surface area contributed by atoms with Crippen molar-refractivity contribution in [3.8, 4) is 0 Å². The second kappa shape index (κ2) is 8.39. The number of nitrogens with zero attached hydrogens (tertiary/aromatic N) is 1. The molecule has 0 radical (unpaired) electrons. The molecule has 0 bridgehead atoms. The van der Waals surface area contributed by atoms with Gasteiger partial charge in [-0.2, -0.15) is 0 Å². The maximum Gasteiger partial charge on any atom is 0.123 e. The third-order valence-electron chi connectivity index (χ3n) is 4.47. The van der Waals surface area contributed by atoms with Crippen LogP contribution >= 0.6 is 0 Å². The van der Waals surface area contributed by atoms with Gasteiger partial charge < -0.3 is 19.8 Å². The molecule has 1 aromatic rings. The number of piperidine rings is 1. The molecule has 1 fully saturated rings. The second-order valence-electron chi connectivity index (χ2n) is 7.71. The predicted octanol–water partition coefficient (Wildman–Crippen LogP) is 2.75. The van der Waals surface area contributed by atoms with Crippen LogP contribution in [0.15, 0.2) is 24.3 Å². The number of likely N-dealkylation sites (tertiary alicyclic amines) is 1. The molecule has 0 spiro atoms. The molecule has 136 valence electrons. The Morgan fingerprint density at radius 3 is 2.29 bits per heavy atom. The van der Waals surface area contributed by atoms with E-state index < -0.39 is 12.2 Å². The van der Waals surface area contributed by atoms with Crippen molar-refractivity contribution in [2.24, 2.45) is 5.92 Å². The standard InChI is InChI=1S/C19H30FNO3/c1-19(2,3)24-13-17(22)12-21-10-8-15(9-11-21)18(23)14-4-6-16(20)7-5-14/h4-7,15,17-18,22-23H,8-13H2,1-3H3. The van der Waals surface area contributed by atoms with E-state index in [-0.39, 0.29) is 17.3 Å². The molecule has 0 saturated carbocycles. The highest BCUT2D eigenvalue weighted by atomic mass is 19.1. The molecular weight excluding hydrogens is 309 g/mol. The molecule has 2 atom stereocenters. The highest BCUT2D eigenvalue weighted by Crippen LogP contribution is 2.30. The van der Waals surface area contributed by atoms with Crippen LogP contribution in [0.3, 0.4) is 0 Å². The number of halogens is 1. The molecule has 2 unspecified atom stereocenters. The molecule has 0 aromatic heterocycles. The van der Waals surface area contributed by atoms with Crippen molar-refractivity contribution < 1.29 is 19.3 Å². The van der Waals surface area contributed by atoms with E-state index in [2.05, 4.69) is 4.90 Å². The van der Waals surface area contributed by atoms with Gasteiger partial charge in [-0.25, -0.2) is 4.39 Å². The maximum absolute atomic E-state index is 13.0. The van der Waals surface area contributed by atoms with Crippen LogP contribution in [-0.4, -0.2) is 53.1 Å². The molecule has 2 N–H and O–H groups in total. The van der Waals surface area contributed by atoms with Gasteiger partial charge in [-0.3, -0.25) is 0 Å². The molecule has 1 saturated heterocycles. The summed E-state index contributed by atoms with van der Waals surface area (Å²) in [6, 6.07) is 6.08. The molecule has 5 heteroatoms. The molecule has 4 nitrogen and oxygen atoms in total. The maximum atomic E-state index is 13.0. The van der Waals surface area contributed by atoms with Gasteiger partial charge in [0.25, 0.3) is 0 Å². The van der Waals surface area contributed by atoms with Gasteiger partial charge >= 0.3 is 0 Å². The van der Waals surface area contributed by atoms with Gasteiger partial charge in [-0.15, -0.1) is 0 Å². The molecule has 2 rings (SSSR count). The van der Waals surface area contributed by atoms with E-state index in [9.17, 15) is 14.6 Å². The van der Waals surface area contributed by atoms with E-state index in [1.165, 1.54) is 12.1 Å². The minimum absolute atomic E-state index is 0.176. The molecule has 1 aliphatic rings. The summed E-state index contributed by atoms with van der Waals surface area (Å²) in [6.45, 7) is 8.54. The number of hydrogen-bond donors (Lipinski definition) is 2.